The summed E-state index contributed by atoms with van der Waals surface area (Å²) in [6, 6.07) is 11.1. The van der Waals surface area contributed by atoms with Gasteiger partial charge in [-0.1, -0.05) is 37.1 Å². The molecule has 3 rings (SSSR count). The average Bonchev–Trinajstić information content (AvgIpc) is 3.34. The summed E-state index contributed by atoms with van der Waals surface area (Å²) in [6.45, 7) is 5.62. The second kappa shape index (κ2) is 9.89. The summed E-state index contributed by atoms with van der Waals surface area (Å²) >= 11 is 1.50. The summed E-state index contributed by atoms with van der Waals surface area (Å²) in [6.07, 6.45) is 1.88. The van der Waals surface area contributed by atoms with Crippen LogP contribution in [0, 0.1) is 12.8 Å². The number of anilines is 1. The van der Waals surface area contributed by atoms with E-state index in [4.69, 9.17) is 4.74 Å². The summed E-state index contributed by atoms with van der Waals surface area (Å²) < 4.78 is 5.32. The molecular formula is C23H28N2O4S. The zero-order valence-electron chi connectivity index (χ0n) is 17.6. The number of rotatable bonds is 8. The normalized spacial score (nSPS) is 19.6. The minimum absolute atomic E-state index is 0.0326. The third-order valence-electron chi connectivity index (χ3n) is 5.25. The van der Waals surface area contributed by atoms with E-state index in [1.807, 2.05) is 62.5 Å². The van der Waals surface area contributed by atoms with E-state index < -0.39 is 17.9 Å². The van der Waals surface area contributed by atoms with Crippen molar-refractivity contribution in [1.29, 1.82) is 0 Å². The fourth-order valence-corrected chi connectivity index (χ4v) is 4.69. The number of amides is 2. The van der Waals surface area contributed by atoms with Gasteiger partial charge in [0, 0.05) is 23.0 Å². The minimum Gasteiger partial charge on any atom is -0.455 e. The maximum atomic E-state index is 12.9. The molecule has 1 fully saturated rings. The van der Waals surface area contributed by atoms with Gasteiger partial charge in [0.15, 0.2) is 6.61 Å². The maximum Gasteiger partial charge on any atom is 0.312 e. The highest BCUT2D eigenvalue weighted by Crippen LogP contribution is 2.43. The van der Waals surface area contributed by atoms with Gasteiger partial charge in [-0.05, 0) is 43.8 Å². The molecule has 6 nitrogen and oxygen atoms in total. The molecule has 3 atom stereocenters. The zero-order chi connectivity index (χ0) is 21.7. The van der Waals surface area contributed by atoms with Crippen LogP contribution in [0.3, 0.4) is 0 Å². The molecule has 160 valence electrons. The third kappa shape index (κ3) is 5.08. The number of benzene rings is 1. The summed E-state index contributed by atoms with van der Waals surface area (Å²) in [4.78, 5) is 40.4. The molecule has 0 saturated carbocycles. The summed E-state index contributed by atoms with van der Waals surface area (Å²) in [5.74, 6) is -1.62. The molecule has 30 heavy (non-hydrogen) atoms. The first-order chi connectivity index (χ1) is 14.4. The lowest BCUT2D eigenvalue weighted by Gasteiger charge is -2.27. The number of thiophene rings is 1. The van der Waals surface area contributed by atoms with E-state index in [2.05, 4.69) is 5.32 Å². The summed E-state index contributed by atoms with van der Waals surface area (Å²) in [5.41, 5.74) is 1.85. The van der Waals surface area contributed by atoms with E-state index in [-0.39, 0.29) is 30.9 Å². The predicted octanol–water partition coefficient (Wildman–Crippen LogP) is 4.00. The van der Waals surface area contributed by atoms with Crippen LogP contribution in [-0.2, 0) is 19.1 Å². The van der Waals surface area contributed by atoms with Crippen LogP contribution in [0.15, 0.2) is 41.8 Å². The van der Waals surface area contributed by atoms with Crippen molar-refractivity contribution in [2.45, 2.75) is 52.1 Å². The zero-order valence-corrected chi connectivity index (χ0v) is 18.4. The van der Waals surface area contributed by atoms with Crippen LogP contribution in [-0.4, -0.2) is 30.4 Å². The van der Waals surface area contributed by atoms with Gasteiger partial charge in [0.05, 0.1) is 12.0 Å². The van der Waals surface area contributed by atoms with Crippen LogP contribution in [0.1, 0.15) is 49.6 Å². The molecule has 0 aliphatic carbocycles. The lowest BCUT2D eigenvalue weighted by molar-refractivity contribution is -0.153. The maximum absolute atomic E-state index is 12.9. The number of nitrogens with one attached hydrogen (secondary N) is 1. The highest BCUT2D eigenvalue weighted by atomic mass is 32.1. The predicted molar refractivity (Wildman–Crippen MR) is 117 cm³/mol. The Kier molecular flexibility index (Phi) is 7.26. The molecule has 1 aliphatic heterocycles. The first-order valence-electron chi connectivity index (χ1n) is 10.3. The molecule has 1 N–H and O–H groups in total. The molecule has 0 spiro atoms. The first-order valence-corrected chi connectivity index (χ1v) is 11.2. The summed E-state index contributed by atoms with van der Waals surface area (Å²) in [7, 11) is 0. The number of nitrogens with zero attached hydrogens (tertiary/aromatic N) is 1. The van der Waals surface area contributed by atoms with Gasteiger partial charge in [0.25, 0.3) is 5.91 Å². The van der Waals surface area contributed by atoms with Gasteiger partial charge in [-0.15, -0.1) is 11.3 Å². The van der Waals surface area contributed by atoms with E-state index in [9.17, 15) is 14.4 Å². The van der Waals surface area contributed by atoms with Gasteiger partial charge in [0.1, 0.15) is 0 Å². The van der Waals surface area contributed by atoms with Crippen LogP contribution in [0.2, 0.25) is 0 Å². The van der Waals surface area contributed by atoms with E-state index in [0.717, 1.165) is 29.0 Å². The Labute approximate surface area is 181 Å². The number of esters is 1. The van der Waals surface area contributed by atoms with Crippen molar-refractivity contribution < 1.29 is 19.1 Å². The highest BCUT2D eigenvalue weighted by Gasteiger charge is 2.46. The Hall–Kier alpha value is -2.67. The molecule has 1 saturated heterocycles. The minimum atomic E-state index is -0.654. The molecule has 2 heterocycles. The van der Waals surface area contributed by atoms with Crippen molar-refractivity contribution in [1.82, 2.24) is 5.32 Å². The molecule has 2 aromatic rings. The molecule has 7 heteroatoms. The molecule has 0 radical (unpaired) electrons. The van der Waals surface area contributed by atoms with Gasteiger partial charge < -0.3 is 15.0 Å². The van der Waals surface area contributed by atoms with Gasteiger partial charge in [0.2, 0.25) is 5.91 Å². The Morgan fingerprint density at radius 3 is 2.63 bits per heavy atom. The topological polar surface area (TPSA) is 75.7 Å². The van der Waals surface area contributed by atoms with Crippen molar-refractivity contribution in [3.63, 3.8) is 0 Å². The molecule has 1 aliphatic rings. The van der Waals surface area contributed by atoms with Crippen LogP contribution in [0.5, 0.6) is 0 Å². The molecule has 0 bridgehead atoms. The Morgan fingerprint density at radius 1 is 1.27 bits per heavy atom. The van der Waals surface area contributed by atoms with Gasteiger partial charge >= 0.3 is 5.97 Å². The average molecular weight is 429 g/mol. The Morgan fingerprint density at radius 2 is 2.00 bits per heavy atom. The van der Waals surface area contributed by atoms with Crippen molar-refractivity contribution >= 4 is 34.8 Å². The highest BCUT2D eigenvalue weighted by molar-refractivity contribution is 7.10. The van der Waals surface area contributed by atoms with Crippen molar-refractivity contribution in [2.75, 3.05) is 11.5 Å². The number of aryl methyl sites for hydroxylation is 1. The van der Waals surface area contributed by atoms with Crippen LogP contribution in [0.25, 0.3) is 0 Å². The van der Waals surface area contributed by atoms with Gasteiger partial charge in [-0.2, -0.15) is 0 Å². The largest absolute Gasteiger partial charge is 0.455 e. The number of hydrogen-bond donors (Lipinski definition) is 1. The van der Waals surface area contributed by atoms with E-state index >= 15 is 0 Å². The lowest BCUT2D eigenvalue weighted by Crippen LogP contribution is -2.37. The quantitative estimate of drug-likeness (QED) is 0.645. The van der Waals surface area contributed by atoms with Gasteiger partial charge in [-0.25, -0.2) is 0 Å². The van der Waals surface area contributed by atoms with E-state index in [0.29, 0.717) is 0 Å². The standard InChI is InChI=1S/C23H28N2O4S/c1-4-6-16(3)24-20(26)14-29-23(28)18-13-21(27)25(17-10-8-15(2)9-11-17)22(18)19-7-5-12-30-19/h5,7-12,16,18,22H,4,6,13-14H2,1-3H3,(H,24,26)/t16-,18+,22+/m0/s1. The van der Waals surface area contributed by atoms with Crippen LogP contribution in [0.4, 0.5) is 5.69 Å². The van der Waals surface area contributed by atoms with Crippen molar-refractivity contribution in [2.24, 2.45) is 5.92 Å². The number of hydrogen-bond acceptors (Lipinski definition) is 5. The molecule has 0 unspecified atom stereocenters. The SMILES string of the molecule is CCC[C@H](C)NC(=O)COC(=O)[C@@H]1CC(=O)N(c2ccc(C)cc2)[C@H]1c1cccs1. The van der Waals surface area contributed by atoms with Crippen molar-refractivity contribution in [3.05, 3.63) is 52.2 Å². The molecular weight excluding hydrogens is 400 g/mol. The molecule has 1 aromatic heterocycles. The summed E-state index contributed by atoms with van der Waals surface area (Å²) in [5, 5.41) is 4.75. The number of carbonyl (C=O) groups is 3. The molecule has 2 amide bonds. The van der Waals surface area contributed by atoms with Gasteiger partial charge in [-0.3, -0.25) is 14.4 Å². The number of carbonyl (C=O) groups excluding carboxylic acids is 3. The Balaban J connectivity index is 1.75. The van der Waals surface area contributed by atoms with Crippen LogP contribution < -0.4 is 10.2 Å². The van der Waals surface area contributed by atoms with Crippen LogP contribution >= 0.6 is 11.3 Å². The fraction of sp³-hybridized carbons (Fsp3) is 0.435. The first kappa shape index (κ1) is 22.0. The monoisotopic (exact) mass is 428 g/mol. The lowest BCUT2D eigenvalue weighted by atomic mass is 9.99. The molecule has 1 aromatic carbocycles. The van der Waals surface area contributed by atoms with E-state index in [1.165, 1.54) is 11.3 Å². The van der Waals surface area contributed by atoms with E-state index in [1.54, 1.807) is 4.90 Å². The fourth-order valence-electron chi connectivity index (χ4n) is 3.81. The van der Waals surface area contributed by atoms with Crippen molar-refractivity contribution in [3.8, 4) is 0 Å². The number of ether oxygens (including phenoxy) is 1. The second-order valence-corrected chi connectivity index (χ2v) is 8.71. The third-order valence-corrected chi connectivity index (χ3v) is 6.19. The Bertz CT molecular complexity index is 879. The smallest absolute Gasteiger partial charge is 0.312 e. The second-order valence-electron chi connectivity index (χ2n) is 7.74.